The van der Waals surface area contributed by atoms with Gasteiger partial charge in [0.15, 0.2) is 11.6 Å². The molecule has 2 aliphatic rings. The van der Waals surface area contributed by atoms with Crippen LogP contribution in [0.15, 0.2) is 41.0 Å². The molecule has 4 rings (SSSR count). The Morgan fingerprint density at radius 2 is 1.93 bits per heavy atom. The number of fused-ring (bicyclic) bond motifs is 2. The summed E-state index contributed by atoms with van der Waals surface area (Å²) in [5.74, 6) is 0.591. The molecule has 2 fully saturated rings. The van der Waals surface area contributed by atoms with Gasteiger partial charge in [0.1, 0.15) is 5.76 Å². The van der Waals surface area contributed by atoms with Crippen molar-refractivity contribution in [3.63, 3.8) is 0 Å². The maximum atomic E-state index is 13.5. The lowest BCUT2D eigenvalue weighted by molar-refractivity contribution is -0.124. The molecule has 1 aromatic carbocycles. The number of benzene rings is 1. The van der Waals surface area contributed by atoms with Crippen molar-refractivity contribution >= 4 is 5.91 Å². The van der Waals surface area contributed by atoms with E-state index in [1.165, 1.54) is 18.6 Å². The highest BCUT2D eigenvalue weighted by Gasteiger charge is 2.40. The highest BCUT2D eigenvalue weighted by molar-refractivity contribution is 5.76. The van der Waals surface area contributed by atoms with Crippen LogP contribution >= 0.6 is 0 Å². The number of rotatable bonds is 6. The molecule has 4 nitrogen and oxygen atoms in total. The minimum atomic E-state index is -0.806. The van der Waals surface area contributed by atoms with E-state index >= 15 is 0 Å². The molecule has 1 aromatic heterocycles. The van der Waals surface area contributed by atoms with Crippen molar-refractivity contribution in [2.75, 3.05) is 13.1 Å². The monoisotopic (exact) mass is 388 g/mol. The smallest absolute Gasteiger partial charge is 0.220 e. The number of hydrogen-bond donors (Lipinski definition) is 1. The summed E-state index contributed by atoms with van der Waals surface area (Å²) in [5.41, 5.74) is 0.798. The standard InChI is InChI=1S/C22H26F2N2O2/c23-20-7-6-15(9-21(20)24)12-26-13-16-3-1-4-17(14-26)19(16)10-22(27)25-11-18-5-2-8-28-18/h2,5-9,16-17,19H,1,3-4,10-14H2,(H,25,27). The van der Waals surface area contributed by atoms with Crippen LogP contribution in [0.4, 0.5) is 8.78 Å². The van der Waals surface area contributed by atoms with Crippen LogP contribution in [0.5, 0.6) is 0 Å². The van der Waals surface area contributed by atoms with E-state index in [9.17, 15) is 13.6 Å². The zero-order valence-electron chi connectivity index (χ0n) is 15.9. The summed E-state index contributed by atoms with van der Waals surface area (Å²) < 4.78 is 31.9. The molecule has 2 bridgehead atoms. The van der Waals surface area contributed by atoms with Crippen LogP contribution in [0.1, 0.15) is 37.0 Å². The Morgan fingerprint density at radius 1 is 1.14 bits per heavy atom. The van der Waals surface area contributed by atoms with Crippen molar-refractivity contribution < 1.29 is 18.0 Å². The van der Waals surface area contributed by atoms with E-state index in [0.717, 1.165) is 37.3 Å². The lowest BCUT2D eigenvalue weighted by Crippen LogP contribution is -2.49. The SMILES string of the molecule is O=C(CC1C2CCCC1CN(Cc1ccc(F)c(F)c1)C2)NCc1ccco1. The number of piperidine rings is 1. The van der Waals surface area contributed by atoms with Gasteiger partial charge in [0.2, 0.25) is 5.91 Å². The molecule has 1 aliphatic heterocycles. The van der Waals surface area contributed by atoms with Crippen LogP contribution < -0.4 is 5.32 Å². The molecule has 150 valence electrons. The summed E-state index contributed by atoms with van der Waals surface area (Å²) in [6.07, 6.45) is 5.62. The number of furan rings is 1. The van der Waals surface area contributed by atoms with E-state index in [2.05, 4.69) is 10.2 Å². The zero-order valence-corrected chi connectivity index (χ0v) is 15.9. The van der Waals surface area contributed by atoms with Crippen molar-refractivity contribution in [3.8, 4) is 0 Å². The van der Waals surface area contributed by atoms with Gasteiger partial charge in [-0.1, -0.05) is 12.5 Å². The minimum Gasteiger partial charge on any atom is -0.467 e. The second-order valence-corrected chi connectivity index (χ2v) is 8.12. The summed E-state index contributed by atoms with van der Waals surface area (Å²) in [4.78, 5) is 14.8. The van der Waals surface area contributed by atoms with Crippen molar-refractivity contribution in [2.24, 2.45) is 17.8 Å². The van der Waals surface area contributed by atoms with Gasteiger partial charge >= 0.3 is 0 Å². The van der Waals surface area contributed by atoms with E-state index in [4.69, 9.17) is 4.42 Å². The Labute approximate surface area is 163 Å². The first-order chi connectivity index (χ1) is 13.6. The Balaban J connectivity index is 1.33. The minimum absolute atomic E-state index is 0.0763. The lowest BCUT2D eigenvalue weighted by atomic mass is 9.67. The predicted octanol–water partition coefficient (Wildman–Crippen LogP) is 4.11. The molecule has 1 saturated heterocycles. The highest BCUT2D eigenvalue weighted by Crippen LogP contribution is 2.41. The average molecular weight is 388 g/mol. The topological polar surface area (TPSA) is 45.5 Å². The third-order valence-corrected chi connectivity index (χ3v) is 6.20. The third-order valence-electron chi connectivity index (χ3n) is 6.20. The number of hydrogen-bond acceptors (Lipinski definition) is 3. The molecule has 2 heterocycles. The number of likely N-dealkylation sites (tertiary alicyclic amines) is 1. The van der Waals surface area contributed by atoms with Crippen molar-refractivity contribution in [1.29, 1.82) is 0 Å². The lowest BCUT2D eigenvalue weighted by Gasteiger charge is -2.47. The molecular formula is C22H26F2N2O2. The number of nitrogens with one attached hydrogen (secondary N) is 1. The maximum Gasteiger partial charge on any atom is 0.220 e. The van der Waals surface area contributed by atoms with Crippen molar-refractivity contribution in [2.45, 2.75) is 38.8 Å². The number of nitrogens with zero attached hydrogens (tertiary/aromatic N) is 1. The molecule has 2 unspecified atom stereocenters. The van der Waals surface area contributed by atoms with Gasteiger partial charge in [0.05, 0.1) is 12.8 Å². The zero-order chi connectivity index (χ0) is 19.5. The highest BCUT2D eigenvalue weighted by atomic mass is 19.2. The first-order valence-electron chi connectivity index (χ1n) is 10.0. The van der Waals surface area contributed by atoms with Gasteiger partial charge in [-0.2, -0.15) is 0 Å². The van der Waals surface area contributed by atoms with E-state index < -0.39 is 11.6 Å². The van der Waals surface area contributed by atoms with Gasteiger partial charge in [-0.05, 0) is 60.4 Å². The first-order valence-corrected chi connectivity index (χ1v) is 10.0. The Hall–Kier alpha value is -2.21. The molecule has 6 heteroatoms. The Bertz CT molecular complexity index is 795. The van der Waals surface area contributed by atoms with Crippen LogP contribution in [0.3, 0.4) is 0 Å². The largest absolute Gasteiger partial charge is 0.467 e. The van der Waals surface area contributed by atoms with Gasteiger partial charge in [0, 0.05) is 26.1 Å². The Morgan fingerprint density at radius 3 is 2.61 bits per heavy atom. The summed E-state index contributed by atoms with van der Waals surface area (Å²) in [5, 5.41) is 2.96. The van der Waals surface area contributed by atoms with Gasteiger partial charge in [0.25, 0.3) is 0 Å². The summed E-state index contributed by atoms with van der Waals surface area (Å²) >= 11 is 0. The number of halogens is 2. The van der Waals surface area contributed by atoms with Crippen LogP contribution in [-0.2, 0) is 17.9 Å². The van der Waals surface area contributed by atoms with E-state index in [-0.39, 0.29) is 5.91 Å². The molecule has 1 aliphatic carbocycles. The summed E-state index contributed by atoms with van der Waals surface area (Å²) in [6, 6.07) is 7.81. The fourth-order valence-electron chi connectivity index (χ4n) is 4.89. The fourth-order valence-corrected chi connectivity index (χ4v) is 4.89. The second-order valence-electron chi connectivity index (χ2n) is 8.12. The van der Waals surface area contributed by atoms with Crippen LogP contribution in [-0.4, -0.2) is 23.9 Å². The maximum absolute atomic E-state index is 13.5. The second kappa shape index (κ2) is 8.43. The summed E-state index contributed by atoms with van der Waals surface area (Å²) in [7, 11) is 0. The quantitative estimate of drug-likeness (QED) is 0.810. The Kier molecular flexibility index (Phi) is 5.76. The molecule has 1 N–H and O–H groups in total. The molecule has 1 saturated carbocycles. The summed E-state index contributed by atoms with van der Waals surface area (Å²) in [6.45, 7) is 2.87. The molecule has 0 radical (unpaired) electrons. The fraction of sp³-hybridized carbons (Fsp3) is 0.500. The first kappa shape index (κ1) is 19.1. The molecule has 28 heavy (non-hydrogen) atoms. The molecule has 0 spiro atoms. The van der Waals surface area contributed by atoms with E-state index in [1.54, 1.807) is 12.3 Å². The molecule has 2 atom stereocenters. The van der Waals surface area contributed by atoms with E-state index in [1.807, 2.05) is 12.1 Å². The van der Waals surface area contributed by atoms with Gasteiger partial charge < -0.3 is 9.73 Å². The van der Waals surface area contributed by atoms with Crippen molar-refractivity contribution in [1.82, 2.24) is 10.2 Å². The number of carbonyl (C=O) groups excluding carboxylic acids is 1. The van der Waals surface area contributed by atoms with Crippen LogP contribution in [0.25, 0.3) is 0 Å². The van der Waals surface area contributed by atoms with Crippen LogP contribution in [0, 0.1) is 29.4 Å². The average Bonchev–Trinajstić information content (AvgIpc) is 3.17. The van der Waals surface area contributed by atoms with Crippen LogP contribution in [0.2, 0.25) is 0 Å². The van der Waals surface area contributed by atoms with Gasteiger partial charge in [-0.15, -0.1) is 0 Å². The third kappa shape index (κ3) is 4.43. The molecule has 2 aromatic rings. The molecular weight excluding hydrogens is 362 g/mol. The number of amides is 1. The van der Waals surface area contributed by atoms with Crippen molar-refractivity contribution in [3.05, 3.63) is 59.6 Å². The normalized spacial score (nSPS) is 24.9. The number of carbonyl (C=O) groups is 1. The van der Waals surface area contributed by atoms with E-state index in [0.29, 0.717) is 37.3 Å². The predicted molar refractivity (Wildman–Crippen MR) is 101 cm³/mol. The molecule has 1 amide bonds. The van der Waals surface area contributed by atoms with Gasteiger partial charge in [-0.25, -0.2) is 8.78 Å². The van der Waals surface area contributed by atoms with Gasteiger partial charge in [-0.3, -0.25) is 9.69 Å².